The Morgan fingerprint density at radius 3 is 2.56 bits per heavy atom. The van der Waals surface area contributed by atoms with E-state index < -0.39 is 6.10 Å². The highest BCUT2D eigenvalue weighted by atomic mass is 16.6. The summed E-state index contributed by atoms with van der Waals surface area (Å²) in [7, 11) is 0. The highest BCUT2D eigenvalue weighted by molar-refractivity contribution is 5.88. The Labute approximate surface area is 94.4 Å². The Kier molecular flexibility index (Phi) is 4.82. The van der Waals surface area contributed by atoms with Gasteiger partial charge in [-0.3, -0.25) is 0 Å². The summed E-state index contributed by atoms with van der Waals surface area (Å²) in [5, 5.41) is 0. The lowest BCUT2D eigenvalue weighted by molar-refractivity contribution is -0.155. The monoisotopic (exact) mass is 228 g/mol. The van der Waals surface area contributed by atoms with Gasteiger partial charge in [0.15, 0.2) is 6.10 Å². The molecule has 1 rings (SSSR count). The largest absolute Gasteiger partial charge is 0.486 e. The van der Waals surface area contributed by atoms with Gasteiger partial charge in [-0.2, -0.15) is 0 Å². The number of rotatable bonds is 4. The first-order valence-electron chi connectivity index (χ1n) is 5.37. The van der Waals surface area contributed by atoms with E-state index in [0.29, 0.717) is 31.6 Å². The average Bonchev–Trinajstić information content (AvgIpc) is 2.30. The van der Waals surface area contributed by atoms with E-state index >= 15 is 0 Å². The van der Waals surface area contributed by atoms with Crippen LogP contribution in [-0.4, -0.2) is 31.3 Å². The fourth-order valence-electron chi connectivity index (χ4n) is 1.36. The van der Waals surface area contributed by atoms with Crippen LogP contribution in [0.1, 0.15) is 26.7 Å². The maximum absolute atomic E-state index is 11.3. The molecule has 1 aliphatic heterocycles. The van der Waals surface area contributed by atoms with Gasteiger partial charge in [0.05, 0.1) is 25.0 Å². The van der Waals surface area contributed by atoms with Gasteiger partial charge in [0.25, 0.3) is 0 Å². The first-order valence-corrected chi connectivity index (χ1v) is 5.37. The summed E-state index contributed by atoms with van der Waals surface area (Å²) >= 11 is 0. The smallest absolute Gasteiger partial charge is 0.347 e. The summed E-state index contributed by atoms with van der Waals surface area (Å²) in [6, 6.07) is 0. The summed E-state index contributed by atoms with van der Waals surface area (Å²) < 4.78 is 14.8. The number of carbonyl (C=O) groups excluding carboxylic acids is 2. The molecule has 0 amide bonds. The van der Waals surface area contributed by atoms with Crippen LogP contribution >= 0.6 is 0 Å². The van der Waals surface area contributed by atoms with Crippen molar-refractivity contribution in [3.63, 3.8) is 0 Å². The molecule has 0 radical (unpaired) electrons. The summed E-state index contributed by atoms with van der Waals surface area (Å²) in [5.74, 6) is -0.772. The fourth-order valence-corrected chi connectivity index (χ4v) is 1.36. The van der Waals surface area contributed by atoms with Gasteiger partial charge < -0.3 is 14.2 Å². The van der Waals surface area contributed by atoms with Crippen molar-refractivity contribution < 1.29 is 23.8 Å². The highest BCUT2D eigenvalue weighted by Crippen LogP contribution is 2.19. The molecule has 1 atom stereocenters. The van der Waals surface area contributed by atoms with E-state index in [4.69, 9.17) is 14.2 Å². The molecule has 0 aliphatic carbocycles. The molecule has 0 N–H and O–H groups in total. The Bertz CT molecular complexity index is 295. The van der Waals surface area contributed by atoms with Crippen LogP contribution in [0.25, 0.3) is 0 Å². The maximum Gasteiger partial charge on any atom is 0.347 e. The molecule has 1 unspecified atom stereocenters. The summed E-state index contributed by atoms with van der Waals surface area (Å²) in [6.07, 6.45) is 1.62. The topological polar surface area (TPSA) is 61.8 Å². The molecular weight excluding hydrogens is 212 g/mol. The van der Waals surface area contributed by atoms with Crippen LogP contribution in [0.5, 0.6) is 0 Å². The number of carbonyl (C=O) groups is 2. The molecule has 5 heteroatoms. The molecule has 0 spiro atoms. The number of ether oxygens (including phenoxy) is 3. The number of esters is 2. The van der Waals surface area contributed by atoms with Gasteiger partial charge in [-0.15, -0.1) is 0 Å². The van der Waals surface area contributed by atoms with Crippen molar-refractivity contribution in [1.29, 1.82) is 0 Å². The van der Waals surface area contributed by atoms with Crippen LogP contribution in [0.15, 0.2) is 11.8 Å². The van der Waals surface area contributed by atoms with Crippen molar-refractivity contribution in [3.8, 4) is 0 Å². The Balaban J connectivity index is 2.48. The van der Waals surface area contributed by atoms with Gasteiger partial charge in [0.1, 0.15) is 0 Å². The Morgan fingerprint density at radius 2 is 2.06 bits per heavy atom. The van der Waals surface area contributed by atoms with E-state index in [0.717, 1.165) is 0 Å². The second kappa shape index (κ2) is 6.15. The third-order valence-corrected chi connectivity index (χ3v) is 2.14. The van der Waals surface area contributed by atoms with Gasteiger partial charge in [-0.25, -0.2) is 9.59 Å². The molecule has 0 saturated heterocycles. The zero-order valence-corrected chi connectivity index (χ0v) is 9.52. The molecule has 0 aromatic rings. The molecule has 0 aromatic heterocycles. The molecule has 16 heavy (non-hydrogen) atoms. The lowest BCUT2D eigenvalue weighted by atomic mass is 10.1. The lowest BCUT2D eigenvalue weighted by Gasteiger charge is -2.20. The zero-order chi connectivity index (χ0) is 12.0. The van der Waals surface area contributed by atoms with Crippen LogP contribution in [0.4, 0.5) is 0 Å². The highest BCUT2D eigenvalue weighted by Gasteiger charge is 2.26. The SMILES string of the molecule is CCOC(=O)C1=COC(C(=O)OCC)CC1. The zero-order valence-electron chi connectivity index (χ0n) is 9.52. The van der Waals surface area contributed by atoms with Crippen molar-refractivity contribution in [2.75, 3.05) is 13.2 Å². The van der Waals surface area contributed by atoms with Gasteiger partial charge in [0.2, 0.25) is 0 Å². The summed E-state index contributed by atoms with van der Waals surface area (Å²) in [4.78, 5) is 22.6. The molecule has 0 bridgehead atoms. The number of hydrogen-bond acceptors (Lipinski definition) is 5. The van der Waals surface area contributed by atoms with E-state index in [9.17, 15) is 9.59 Å². The predicted octanol–water partition coefficient (Wildman–Crippen LogP) is 1.18. The third-order valence-electron chi connectivity index (χ3n) is 2.14. The minimum absolute atomic E-state index is 0.327. The molecule has 0 fully saturated rings. The van der Waals surface area contributed by atoms with Crippen LogP contribution in [-0.2, 0) is 23.8 Å². The van der Waals surface area contributed by atoms with Crippen LogP contribution in [0.3, 0.4) is 0 Å². The van der Waals surface area contributed by atoms with Crippen molar-refractivity contribution in [3.05, 3.63) is 11.8 Å². The standard InChI is InChI=1S/C11H16O5/c1-3-14-10(12)8-5-6-9(16-7-8)11(13)15-4-2/h7,9H,3-6H2,1-2H3. The summed E-state index contributed by atoms with van der Waals surface area (Å²) in [6.45, 7) is 4.13. The third kappa shape index (κ3) is 3.25. The molecule has 0 saturated carbocycles. The minimum Gasteiger partial charge on any atom is -0.486 e. The van der Waals surface area contributed by atoms with E-state index in [1.807, 2.05) is 0 Å². The van der Waals surface area contributed by atoms with Crippen LogP contribution in [0.2, 0.25) is 0 Å². The maximum atomic E-state index is 11.3. The van der Waals surface area contributed by atoms with Crippen molar-refractivity contribution in [1.82, 2.24) is 0 Å². The van der Waals surface area contributed by atoms with Gasteiger partial charge in [-0.1, -0.05) is 0 Å². The predicted molar refractivity (Wildman–Crippen MR) is 55.5 cm³/mol. The Morgan fingerprint density at radius 1 is 1.38 bits per heavy atom. The first kappa shape index (κ1) is 12.5. The van der Waals surface area contributed by atoms with E-state index in [2.05, 4.69) is 0 Å². The molecule has 0 aromatic carbocycles. The van der Waals surface area contributed by atoms with Gasteiger partial charge in [-0.05, 0) is 26.7 Å². The van der Waals surface area contributed by atoms with Gasteiger partial charge >= 0.3 is 11.9 Å². The number of hydrogen-bond donors (Lipinski definition) is 0. The second-order valence-electron chi connectivity index (χ2n) is 3.28. The molecule has 1 heterocycles. The van der Waals surface area contributed by atoms with E-state index in [-0.39, 0.29) is 11.9 Å². The van der Waals surface area contributed by atoms with Crippen LogP contribution in [0, 0.1) is 0 Å². The second-order valence-corrected chi connectivity index (χ2v) is 3.28. The molecule has 1 aliphatic rings. The van der Waals surface area contributed by atoms with Gasteiger partial charge in [0, 0.05) is 0 Å². The summed E-state index contributed by atoms with van der Waals surface area (Å²) in [5.41, 5.74) is 0.461. The van der Waals surface area contributed by atoms with Crippen molar-refractivity contribution >= 4 is 11.9 Å². The van der Waals surface area contributed by atoms with Crippen molar-refractivity contribution in [2.24, 2.45) is 0 Å². The minimum atomic E-state index is -0.599. The van der Waals surface area contributed by atoms with Crippen LogP contribution < -0.4 is 0 Å². The fraction of sp³-hybridized carbons (Fsp3) is 0.636. The van der Waals surface area contributed by atoms with Crippen molar-refractivity contribution in [2.45, 2.75) is 32.8 Å². The molecule has 5 nitrogen and oxygen atoms in total. The lowest BCUT2D eigenvalue weighted by Crippen LogP contribution is -2.28. The average molecular weight is 228 g/mol. The quantitative estimate of drug-likeness (QED) is 0.676. The van der Waals surface area contributed by atoms with E-state index in [1.165, 1.54) is 6.26 Å². The molecular formula is C11H16O5. The first-order chi connectivity index (χ1) is 7.69. The molecule has 90 valence electrons. The van der Waals surface area contributed by atoms with E-state index in [1.54, 1.807) is 13.8 Å². The Hall–Kier alpha value is -1.52. The normalized spacial score (nSPS) is 19.4.